The van der Waals surface area contributed by atoms with E-state index in [4.69, 9.17) is 4.74 Å². The highest BCUT2D eigenvalue weighted by molar-refractivity contribution is 6.19. The number of ether oxygens (including phenoxy) is 1. The molecule has 3 rings (SSSR count). The number of anilines is 1. The molecule has 1 aromatic rings. The minimum absolute atomic E-state index is 0.102. The third-order valence-electron chi connectivity index (χ3n) is 3.12. The van der Waals surface area contributed by atoms with Crippen molar-refractivity contribution >= 4 is 17.5 Å². The summed E-state index contributed by atoms with van der Waals surface area (Å²) in [7, 11) is 0. The van der Waals surface area contributed by atoms with Crippen LogP contribution in [0.2, 0.25) is 0 Å². The summed E-state index contributed by atoms with van der Waals surface area (Å²) in [6.07, 6.45) is 0.214. The second-order valence-corrected chi connectivity index (χ2v) is 4.22. The summed E-state index contributed by atoms with van der Waals surface area (Å²) in [4.78, 5) is 25.2. The highest BCUT2D eigenvalue weighted by Gasteiger charge is 2.46. The number of nitrogens with zero attached hydrogens (tertiary/aromatic N) is 1. The molecule has 2 heterocycles. The van der Waals surface area contributed by atoms with Gasteiger partial charge in [0.15, 0.2) is 0 Å². The molecule has 2 bridgehead atoms. The van der Waals surface area contributed by atoms with E-state index in [1.165, 1.54) is 12.1 Å². The maximum atomic E-state index is 12.0. The summed E-state index contributed by atoms with van der Waals surface area (Å²) in [5, 5.41) is 9.19. The summed E-state index contributed by atoms with van der Waals surface area (Å²) in [6, 6.07) is 6.01. The number of carbonyl (C=O) groups is 2. The van der Waals surface area contributed by atoms with Crippen molar-refractivity contribution in [2.45, 2.75) is 25.0 Å². The SMILES string of the molecule is O=C1C2CCC(O2)C(=O)N1c1ccc(O)cc1. The molecule has 1 aromatic carbocycles. The normalized spacial score (nSPS) is 27.6. The number of aromatic hydroxyl groups is 1. The minimum atomic E-state index is -0.494. The topological polar surface area (TPSA) is 66.8 Å². The molecule has 0 radical (unpaired) electrons. The first-order valence-electron chi connectivity index (χ1n) is 5.49. The number of phenols is 1. The molecule has 0 spiro atoms. The molecule has 2 aliphatic rings. The maximum Gasteiger partial charge on any atom is 0.262 e. The number of rotatable bonds is 1. The zero-order valence-electron chi connectivity index (χ0n) is 9.00. The van der Waals surface area contributed by atoms with E-state index < -0.39 is 12.2 Å². The Hall–Kier alpha value is -1.88. The molecule has 5 heteroatoms. The lowest BCUT2D eigenvalue weighted by atomic mass is 10.2. The van der Waals surface area contributed by atoms with Crippen LogP contribution in [-0.2, 0) is 14.3 Å². The Kier molecular flexibility index (Phi) is 2.16. The van der Waals surface area contributed by atoms with Gasteiger partial charge < -0.3 is 9.84 Å². The number of phenolic OH excluding ortho intramolecular Hbond substituents is 1. The van der Waals surface area contributed by atoms with Crippen molar-refractivity contribution in [3.63, 3.8) is 0 Å². The molecule has 0 aliphatic carbocycles. The van der Waals surface area contributed by atoms with E-state index in [-0.39, 0.29) is 17.6 Å². The minimum Gasteiger partial charge on any atom is -0.508 e. The van der Waals surface area contributed by atoms with Gasteiger partial charge in [0, 0.05) is 0 Å². The van der Waals surface area contributed by atoms with Crippen molar-refractivity contribution in [2.75, 3.05) is 4.90 Å². The fourth-order valence-electron chi connectivity index (χ4n) is 2.25. The van der Waals surface area contributed by atoms with Crippen LogP contribution in [0, 0.1) is 0 Å². The predicted molar refractivity (Wildman–Crippen MR) is 58.5 cm³/mol. The summed E-state index contributed by atoms with van der Waals surface area (Å²) in [5.41, 5.74) is 0.484. The van der Waals surface area contributed by atoms with Crippen molar-refractivity contribution < 1.29 is 19.4 Å². The molecule has 2 atom stereocenters. The van der Waals surface area contributed by atoms with Crippen LogP contribution in [0.1, 0.15) is 12.8 Å². The molecule has 0 aromatic heterocycles. The average molecular weight is 233 g/mol. The third-order valence-corrected chi connectivity index (χ3v) is 3.12. The largest absolute Gasteiger partial charge is 0.508 e. The second-order valence-electron chi connectivity index (χ2n) is 4.22. The Bertz CT molecular complexity index is 460. The molecule has 1 N–H and O–H groups in total. The van der Waals surface area contributed by atoms with E-state index in [0.717, 1.165) is 4.90 Å². The van der Waals surface area contributed by atoms with Crippen LogP contribution in [0.3, 0.4) is 0 Å². The summed E-state index contributed by atoms with van der Waals surface area (Å²) in [5.74, 6) is -0.520. The lowest BCUT2D eigenvalue weighted by Gasteiger charge is -2.29. The van der Waals surface area contributed by atoms with E-state index in [1.807, 2.05) is 0 Å². The van der Waals surface area contributed by atoms with Gasteiger partial charge in [0.05, 0.1) is 5.69 Å². The number of fused-ring (bicyclic) bond motifs is 2. The highest BCUT2D eigenvalue weighted by Crippen LogP contribution is 2.32. The van der Waals surface area contributed by atoms with Gasteiger partial charge in [-0.1, -0.05) is 0 Å². The molecule has 88 valence electrons. The Morgan fingerprint density at radius 3 is 2.12 bits per heavy atom. The lowest BCUT2D eigenvalue weighted by molar-refractivity contribution is -0.146. The highest BCUT2D eigenvalue weighted by atomic mass is 16.5. The van der Waals surface area contributed by atoms with Crippen LogP contribution < -0.4 is 4.90 Å². The summed E-state index contributed by atoms with van der Waals surface area (Å²) < 4.78 is 5.31. The number of imide groups is 1. The Morgan fingerprint density at radius 1 is 1.06 bits per heavy atom. The van der Waals surface area contributed by atoms with E-state index >= 15 is 0 Å². The monoisotopic (exact) mass is 233 g/mol. The number of carbonyl (C=O) groups excluding carboxylic acids is 2. The van der Waals surface area contributed by atoms with Gasteiger partial charge in [0.2, 0.25) is 0 Å². The number of hydrogen-bond acceptors (Lipinski definition) is 4. The van der Waals surface area contributed by atoms with E-state index in [1.54, 1.807) is 12.1 Å². The van der Waals surface area contributed by atoms with Crippen molar-refractivity contribution in [3.05, 3.63) is 24.3 Å². The smallest absolute Gasteiger partial charge is 0.262 e. The molecule has 0 saturated carbocycles. The molecule has 2 fully saturated rings. The first kappa shape index (κ1) is 10.3. The molecule has 17 heavy (non-hydrogen) atoms. The van der Waals surface area contributed by atoms with Gasteiger partial charge in [0.25, 0.3) is 11.8 Å². The molecule has 5 nitrogen and oxygen atoms in total. The molecule has 2 saturated heterocycles. The molecule has 2 amide bonds. The van der Waals surface area contributed by atoms with Gasteiger partial charge in [-0.15, -0.1) is 0 Å². The first-order chi connectivity index (χ1) is 8.16. The van der Waals surface area contributed by atoms with E-state index in [0.29, 0.717) is 18.5 Å². The van der Waals surface area contributed by atoms with Crippen LogP contribution in [0.4, 0.5) is 5.69 Å². The second kappa shape index (κ2) is 3.56. The third kappa shape index (κ3) is 1.51. The molecule has 2 aliphatic heterocycles. The van der Waals surface area contributed by atoms with Gasteiger partial charge in [-0.2, -0.15) is 0 Å². The fraction of sp³-hybridized carbons (Fsp3) is 0.333. The van der Waals surface area contributed by atoms with Crippen molar-refractivity contribution in [2.24, 2.45) is 0 Å². The van der Waals surface area contributed by atoms with Crippen LogP contribution in [-0.4, -0.2) is 29.1 Å². The Balaban J connectivity index is 1.99. The maximum absolute atomic E-state index is 12.0. The zero-order valence-corrected chi connectivity index (χ0v) is 9.00. The van der Waals surface area contributed by atoms with Gasteiger partial charge in [0.1, 0.15) is 18.0 Å². The number of hydrogen-bond donors (Lipinski definition) is 1. The molecular formula is C12H11NO4. The van der Waals surface area contributed by atoms with Crippen LogP contribution >= 0.6 is 0 Å². The van der Waals surface area contributed by atoms with Gasteiger partial charge in [-0.3, -0.25) is 9.59 Å². The molecule has 2 unspecified atom stereocenters. The fourth-order valence-corrected chi connectivity index (χ4v) is 2.25. The zero-order chi connectivity index (χ0) is 12.0. The average Bonchev–Trinajstić information content (AvgIpc) is 2.76. The van der Waals surface area contributed by atoms with E-state index in [2.05, 4.69) is 0 Å². The van der Waals surface area contributed by atoms with Crippen molar-refractivity contribution in [1.82, 2.24) is 0 Å². The standard InChI is InChI=1S/C12H11NO4/c14-8-3-1-7(2-4-8)13-11(15)9-5-6-10(17-9)12(13)16/h1-4,9-10,14H,5-6H2. The summed E-state index contributed by atoms with van der Waals surface area (Å²) in [6.45, 7) is 0. The predicted octanol–water partition coefficient (Wildman–Crippen LogP) is 0.813. The quantitative estimate of drug-likeness (QED) is 0.729. The first-order valence-corrected chi connectivity index (χ1v) is 5.49. The van der Waals surface area contributed by atoms with Gasteiger partial charge in [-0.25, -0.2) is 4.90 Å². The van der Waals surface area contributed by atoms with Crippen molar-refractivity contribution in [1.29, 1.82) is 0 Å². The van der Waals surface area contributed by atoms with E-state index in [9.17, 15) is 14.7 Å². The van der Waals surface area contributed by atoms with Gasteiger partial charge in [-0.05, 0) is 37.1 Å². The van der Waals surface area contributed by atoms with Crippen LogP contribution in [0.15, 0.2) is 24.3 Å². The Morgan fingerprint density at radius 2 is 1.59 bits per heavy atom. The van der Waals surface area contributed by atoms with Crippen molar-refractivity contribution in [3.8, 4) is 5.75 Å². The number of morpholine rings is 1. The molecular weight excluding hydrogens is 222 g/mol. The number of benzene rings is 1. The van der Waals surface area contributed by atoms with Gasteiger partial charge >= 0.3 is 0 Å². The lowest BCUT2D eigenvalue weighted by Crippen LogP contribution is -2.51. The van der Waals surface area contributed by atoms with Crippen LogP contribution in [0.25, 0.3) is 0 Å². The summed E-state index contributed by atoms with van der Waals surface area (Å²) >= 11 is 0. The number of amides is 2. The Labute approximate surface area is 97.6 Å². The van der Waals surface area contributed by atoms with Crippen LogP contribution in [0.5, 0.6) is 5.75 Å².